The predicted molar refractivity (Wildman–Crippen MR) is 337 cm³/mol. The molecule has 2 aromatic rings. The SMILES string of the molecule is CC[C@H](C)[C@H](NC(=O)[C@H]1CCCCN1C)C(=O)N(C)[C@H](C[C@@H](OC(C)=O)c1nc(C(=O)N[C@@H](Cc2ccc(NC(=O)CNC(=O)CCCCCN3C(=O)CC(SC4=C/C=C\C=C/C=C\C/C=C\C=C/C=C\4)C3=O)cc2)CC(C)C(=O)O)cs1)C(C)C. The molecule has 3 heterocycles. The van der Waals surface area contributed by atoms with Crippen molar-refractivity contribution < 1.29 is 53.0 Å². The molecular formula is C65H88N8O11S2. The fraction of sp³-hybridized carbons (Fsp3) is 0.508. The van der Waals surface area contributed by atoms with Crippen LogP contribution < -0.4 is 21.3 Å². The van der Waals surface area contributed by atoms with Crippen molar-refractivity contribution in [3.05, 3.63) is 130 Å². The first-order chi connectivity index (χ1) is 41.1. The molecule has 0 spiro atoms. The first kappa shape index (κ1) is 69.5. The highest BCUT2D eigenvalue weighted by atomic mass is 32.2. The third kappa shape index (κ3) is 22.9. The van der Waals surface area contributed by atoms with Crippen molar-refractivity contribution in [2.75, 3.05) is 39.0 Å². The third-order valence-corrected chi connectivity index (χ3v) is 17.6. The number of hydrogen-bond donors (Lipinski definition) is 5. The molecular weight excluding hydrogens is 1130 g/mol. The normalized spacial score (nSPS) is 21.5. The molecule has 2 fully saturated rings. The van der Waals surface area contributed by atoms with Gasteiger partial charge in [0.15, 0.2) is 6.10 Å². The first-order valence-electron chi connectivity index (χ1n) is 29.9. The lowest BCUT2D eigenvalue weighted by Gasteiger charge is -2.38. The Morgan fingerprint density at radius 2 is 1.57 bits per heavy atom. The number of carboxylic acids is 1. The van der Waals surface area contributed by atoms with Crippen molar-refractivity contribution in [2.24, 2.45) is 17.8 Å². The van der Waals surface area contributed by atoms with Crippen LogP contribution in [-0.2, 0) is 49.5 Å². The van der Waals surface area contributed by atoms with Crippen molar-refractivity contribution >= 4 is 82.1 Å². The van der Waals surface area contributed by atoms with Gasteiger partial charge in [-0.05, 0) is 100 Å². The molecule has 3 aliphatic rings. The van der Waals surface area contributed by atoms with Crippen LogP contribution in [0.3, 0.4) is 0 Å². The van der Waals surface area contributed by atoms with E-state index in [1.54, 1.807) is 48.5 Å². The number of rotatable bonds is 29. The summed E-state index contributed by atoms with van der Waals surface area (Å²) in [5, 5.41) is 22.6. The van der Waals surface area contributed by atoms with Crippen LogP contribution in [0.4, 0.5) is 5.69 Å². The van der Waals surface area contributed by atoms with Gasteiger partial charge in [-0.25, -0.2) is 4.98 Å². The summed E-state index contributed by atoms with van der Waals surface area (Å²) in [6, 6.07) is 4.61. The lowest BCUT2D eigenvalue weighted by atomic mass is 9.92. The Morgan fingerprint density at radius 3 is 2.24 bits per heavy atom. The number of hydrogen-bond acceptors (Lipinski definition) is 14. The van der Waals surface area contributed by atoms with Crippen LogP contribution in [0.15, 0.2) is 114 Å². The Labute approximate surface area is 515 Å². The smallest absolute Gasteiger partial charge is 0.306 e. The predicted octanol–water partition coefficient (Wildman–Crippen LogP) is 9.19. The number of amides is 7. The number of aromatic nitrogens is 1. The van der Waals surface area contributed by atoms with Gasteiger partial charge in [-0.1, -0.05) is 133 Å². The number of esters is 1. The van der Waals surface area contributed by atoms with Gasteiger partial charge in [0.05, 0.1) is 23.8 Å². The number of nitrogens with zero attached hydrogens (tertiary/aromatic N) is 4. The van der Waals surface area contributed by atoms with Crippen molar-refractivity contribution in [1.29, 1.82) is 0 Å². The van der Waals surface area contributed by atoms with Crippen LogP contribution in [-0.4, -0.2) is 141 Å². The van der Waals surface area contributed by atoms with E-state index < -0.39 is 59.2 Å². The molecule has 2 aliphatic heterocycles. The Kier molecular flexibility index (Phi) is 29.1. The minimum atomic E-state index is -1.04. The maximum Gasteiger partial charge on any atom is 0.306 e. The summed E-state index contributed by atoms with van der Waals surface area (Å²) in [6.45, 7) is 11.5. The molecule has 7 amide bonds. The minimum absolute atomic E-state index is 0.0370. The average molecular weight is 1220 g/mol. The van der Waals surface area contributed by atoms with Crippen LogP contribution in [0.25, 0.3) is 0 Å². The van der Waals surface area contributed by atoms with E-state index in [2.05, 4.69) is 32.3 Å². The zero-order valence-electron chi connectivity index (χ0n) is 51.0. The number of carbonyl (C=O) groups excluding carboxylic acids is 8. The number of imide groups is 1. The van der Waals surface area contributed by atoms with Crippen LogP contribution in [0.5, 0.6) is 0 Å². The van der Waals surface area contributed by atoms with Gasteiger partial charge in [-0.15, -0.1) is 23.1 Å². The second kappa shape index (κ2) is 36.0. The Bertz CT molecular complexity index is 2870. The number of carboxylic acid groups (broad SMARTS) is 1. The van der Waals surface area contributed by atoms with Gasteiger partial charge in [0, 0.05) is 67.8 Å². The fourth-order valence-electron chi connectivity index (χ4n) is 10.2. The van der Waals surface area contributed by atoms with E-state index in [0.717, 1.165) is 47.6 Å². The number of thioether (sulfide) groups is 1. The summed E-state index contributed by atoms with van der Waals surface area (Å²) in [5.74, 6) is -4.92. The van der Waals surface area contributed by atoms with Crippen LogP contribution in [0.1, 0.15) is 146 Å². The maximum absolute atomic E-state index is 14.4. The summed E-state index contributed by atoms with van der Waals surface area (Å²) >= 11 is 2.48. The quantitative estimate of drug-likeness (QED) is 0.0289. The molecule has 19 nitrogen and oxygen atoms in total. The number of piperidine rings is 1. The Balaban J connectivity index is 1.10. The first-order valence-corrected chi connectivity index (χ1v) is 31.7. The highest BCUT2D eigenvalue weighted by Gasteiger charge is 2.40. The van der Waals surface area contributed by atoms with Gasteiger partial charge in [0.1, 0.15) is 16.7 Å². The van der Waals surface area contributed by atoms with Gasteiger partial charge < -0.3 is 36.0 Å². The number of thiazole rings is 1. The molecule has 466 valence electrons. The number of likely N-dealkylation sites (tertiary alicyclic amines) is 2. The number of unbranched alkanes of at least 4 members (excludes halogenated alkanes) is 2. The lowest BCUT2D eigenvalue weighted by Crippen LogP contribution is -2.58. The molecule has 1 aromatic heterocycles. The van der Waals surface area contributed by atoms with Gasteiger partial charge >= 0.3 is 11.9 Å². The molecule has 5 N–H and O–H groups in total. The van der Waals surface area contributed by atoms with E-state index in [-0.39, 0.29) is 98.3 Å². The van der Waals surface area contributed by atoms with E-state index in [9.17, 15) is 48.3 Å². The maximum atomic E-state index is 14.4. The van der Waals surface area contributed by atoms with Crippen LogP contribution >= 0.6 is 23.1 Å². The second-order valence-electron chi connectivity index (χ2n) is 22.6. The monoisotopic (exact) mass is 1220 g/mol. The van der Waals surface area contributed by atoms with E-state index in [0.29, 0.717) is 42.8 Å². The molecule has 0 radical (unpaired) electrons. The second-order valence-corrected chi connectivity index (χ2v) is 24.7. The number of likely N-dealkylation sites (N-methyl/N-ethyl adjacent to an activating group) is 2. The summed E-state index contributed by atoms with van der Waals surface area (Å²) in [4.78, 5) is 129. The van der Waals surface area contributed by atoms with Gasteiger partial charge in [-0.3, -0.25) is 53.0 Å². The number of benzene rings is 1. The largest absolute Gasteiger partial charge is 0.481 e. The molecule has 5 rings (SSSR count). The molecule has 0 bridgehead atoms. The molecule has 8 atom stereocenters. The fourth-order valence-corrected chi connectivity index (χ4v) is 12.2. The van der Waals surface area contributed by atoms with Crippen LogP contribution in [0.2, 0.25) is 0 Å². The van der Waals surface area contributed by atoms with Gasteiger partial charge in [0.2, 0.25) is 35.4 Å². The number of allylic oxidation sites excluding steroid dienone is 13. The van der Waals surface area contributed by atoms with Crippen molar-refractivity contribution in [3.8, 4) is 0 Å². The number of aliphatic carboxylic acids is 1. The molecule has 86 heavy (non-hydrogen) atoms. The Hall–Kier alpha value is -7.23. The van der Waals surface area contributed by atoms with E-state index >= 15 is 0 Å². The van der Waals surface area contributed by atoms with E-state index in [1.165, 1.54) is 23.6 Å². The zero-order valence-corrected chi connectivity index (χ0v) is 52.7. The molecule has 1 aliphatic carbocycles. The molecule has 2 unspecified atom stereocenters. The highest BCUT2D eigenvalue weighted by Crippen LogP contribution is 2.33. The molecule has 0 saturated carbocycles. The number of ether oxygens (including phenoxy) is 1. The van der Waals surface area contributed by atoms with Gasteiger partial charge in [-0.2, -0.15) is 0 Å². The van der Waals surface area contributed by atoms with Crippen molar-refractivity contribution in [3.63, 3.8) is 0 Å². The number of carbonyl (C=O) groups is 9. The topological polar surface area (TPSA) is 254 Å². The standard InChI is InChI=1S/C65H88N8O11S2/c1-9-44(4)59(70-61(79)52-29-24-26-35-71(52)7)64(81)72(8)53(43(2)3)39-54(84-46(6)74)62-69-51(42-85-62)60(78)68-49(37-45(5)65(82)83)38-47-31-33-48(34-32-47)67-57(76)41-66-56(75)30-23-20-25-36-73-58(77)40-55(63(73)80)86-50-27-21-18-16-14-12-10-11-13-15-17-19-22-28-50/h10,12-19,21-22,27-28,31-34,42-45,49,52-55,59H,9,11,20,23-26,29-30,35-41H2,1-8H3,(H,66,75)(H,67,76)(H,68,78)(H,70,79)(H,82,83)/b12-10-,15-13-,16-14-,19-17-,21-18-,28-22-,50-27+/t44-,45?,49+,52+,53+,54+,55?,59-/m0/s1. The highest BCUT2D eigenvalue weighted by molar-refractivity contribution is 8.04. The summed E-state index contributed by atoms with van der Waals surface area (Å²) in [7, 11) is 3.62. The summed E-state index contributed by atoms with van der Waals surface area (Å²) < 4.78 is 5.82. The molecule has 1 aromatic carbocycles. The lowest BCUT2D eigenvalue weighted by molar-refractivity contribution is -0.149. The van der Waals surface area contributed by atoms with Gasteiger partial charge in [0.25, 0.3) is 5.91 Å². The number of anilines is 1. The molecule has 2 saturated heterocycles. The molecule has 21 heteroatoms. The summed E-state index contributed by atoms with van der Waals surface area (Å²) in [6.07, 6.45) is 30.9. The third-order valence-electron chi connectivity index (χ3n) is 15.4. The minimum Gasteiger partial charge on any atom is -0.481 e. The van der Waals surface area contributed by atoms with E-state index in [4.69, 9.17) is 4.74 Å². The Morgan fingerprint density at radius 1 is 0.872 bits per heavy atom. The van der Waals surface area contributed by atoms with E-state index in [1.807, 2.05) is 113 Å². The summed E-state index contributed by atoms with van der Waals surface area (Å²) in [5.41, 5.74) is 1.23. The zero-order chi connectivity index (χ0) is 62.7. The van der Waals surface area contributed by atoms with Crippen molar-refractivity contribution in [2.45, 2.75) is 161 Å². The average Bonchev–Trinajstić information content (AvgIpc) is 2.16. The van der Waals surface area contributed by atoms with Crippen molar-refractivity contribution in [1.82, 2.24) is 35.6 Å². The number of nitrogens with one attached hydrogen (secondary N) is 4. The van der Waals surface area contributed by atoms with Crippen LogP contribution in [0, 0.1) is 17.8 Å².